The SMILES string of the molecule is CCN1CCC(CN=C2NC(C)CCS2)C1. The van der Waals surface area contributed by atoms with Gasteiger partial charge in [-0.05, 0) is 38.8 Å². The van der Waals surface area contributed by atoms with E-state index in [4.69, 9.17) is 4.99 Å². The molecule has 3 nitrogen and oxygen atoms in total. The van der Waals surface area contributed by atoms with E-state index in [-0.39, 0.29) is 0 Å². The van der Waals surface area contributed by atoms with Gasteiger partial charge in [-0.2, -0.15) is 0 Å². The highest BCUT2D eigenvalue weighted by Gasteiger charge is 2.21. The first kappa shape index (κ1) is 12.2. The molecular formula is C12H23N3S. The highest BCUT2D eigenvalue weighted by molar-refractivity contribution is 8.13. The topological polar surface area (TPSA) is 27.6 Å². The molecule has 0 aromatic heterocycles. The first-order valence-electron chi connectivity index (χ1n) is 6.44. The summed E-state index contributed by atoms with van der Waals surface area (Å²) in [5.74, 6) is 2.01. The highest BCUT2D eigenvalue weighted by Crippen LogP contribution is 2.18. The molecule has 1 N–H and O–H groups in total. The van der Waals surface area contributed by atoms with Gasteiger partial charge in [0.15, 0.2) is 5.17 Å². The van der Waals surface area contributed by atoms with Crippen molar-refractivity contribution in [3.05, 3.63) is 0 Å². The van der Waals surface area contributed by atoms with Crippen LogP contribution < -0.4 is 5.32 Å². The maximum Gasteiger partial charge on any atom is 0.156 e. The summed E-state index contributed by atoms with van der Waals surface area (Å²) in [6.07, 6.45) is 2.58. The molecule has 2 unspecified atom stereocenters. The Kier molecular flexibility index (Phi) is 4.53. The molecule has 0 aromatic rings. The van der Waals surface area contributed by atoms with Gasteiger partial charge >= 0.3 is 0 Å². The Morgan fingerprint density at radius 3 is 3.06 bits per heavy atom. The van der Waals surface area contributed by atoms with Crippen LogP contribution in [0.25, 0.3) is 0 Å². The monoisotopic (exact) mass is 241 g/mol. The minimum atomic E-state index is 0.607. The fourth-order valence-electron chi connectivity index (χ4n) is 2.31. The van der Waals surface area contributed by atoms with Crippen LogP contribution in [0.1, 0.15) is 26.7 Å². The van der Waals surface area contributed by atoms with Crippen molar-refractivity contribution >= 4 is 16.9 Å². The third-order valence-corrected chi connectivity index (χ3v) is 4.43. The highest BCUT2D eigenvalue weighted by atomic mass is 32.2. The number of thioether (sulfide) groups is 1. The third kappa shape index (κ3) is 3.39. The van der Waals surface area contributed by atoms with Crippen molar-refractivity contribution in [1.29, 1.82) is 0 Å². The van der Waals surface area contributed by atoms with Crippen molar-refractivity contribution in [3.63, 3.8) is 0 Å². The minimum Gasteiger partial charge on any atom is -0.362 e. The van der Waals surface area contributed by atoms with E-state index >= 15 is 0 Å². The Bertz CT molecular complexity index is 255. The fraction of sp³-hybridized carbons (Fsp3) is 0.917. The zero-order valence-corrected chi connectivity index (χ0v) is 11.2. The van der Waals surface area contributed by atoms with Crippen LogP contribution in [0.5, 0.6) is 0 Å². The molecule has 2 rings (SSSR count). The number of rotatable bonds is 3. The Balaban J connectivity index is 1.75. The number of hydrogen-bond donors (Lipinski definition) is 1. The van der Waals surface area contributed by atoms with E-state index in [2.05, 4.69) is 24.1 Å². The first-order valence-corrected chi connectivity index (χ1v) is 7.42. The molecule has 16 heavy (non-hydrogen) atoms. The molecule has 0 spiro atoms. The van der Waals surface area contributed by atoms with Gasteiger partial charge in [-0.1, -0.05) is 18.7 Å². The van der Waals surface area contributed by atoms with Crippen molar-refractivity contribution in [2.45, 2.75) is 32.7 Å². The first-order chi connectivity index (χ1) is 7.78. The Labute approximate surface area is 103 Å². The Hall–Kier alpha value is -0.220. The summed E-state index contributed by atoms with van der Waals surface area (Å²) in [4.78, 5) is 7.25. The third-order valence-electron chi connectivity index (χ3n) is 3.47. The molecule has 2 saturated heterocycles. The van der Waals surface area contributed by atoms with E-state index < -0.39 is 0 Å². The molecular weight excluding hydrogens is 218 g/mol. The standard InChI is InChI=1S/C12H23N3S/c1-3-15-6-4-11(9-15)8-13-12-14-10(2)5-7-16-12/h10-11H,3-9H2,1-2H3,(H,13,14). The fourth-order valence-corrected chi connectivity index (χ4v) is 3.42. The predicted molar refractivity (Wildman–Crippen MR) is 72.2 cm³/mol. The summed E-state index contributed by atoms with van der Waals surface area (Å²) in [6.45, 7) is 9.20. The molecule has 0 bridgehead atoms. The van der Waals surface area contributed by atoms with Crippen molar-refractivity contribution < 1.29 is 0 Å². The Morgan fingerprint density at radius 1 is 1.50 bits per heavy atom. The molecule has 92 valence electrons. The van der Waals surface area contributed by atoms with Gasteiger partial charge in [0.25, 0.3) is 0 Å². The van der Waals surface area contributed by atoms with Gasteiger partial charge in [-0.25, -0.2) is 0 Å². The molecule has 0 aromatic carbocycles. The van der Waals surface area contributed by atoms with E-state index in [9.17, 15) is 0 Å². The van der Waals surface area contributed by atoms with Crippen LogP contribution in [-0.4, -0.2) is 48.0 Å². The number of nitrogens with one attached hydrogen (secondary N) is 1. The van der Waals surface area contributed by atoms with Crippen LogP contribution >= 0.6 is 11.8 Å². The van der Waals surface area contributed by atoms with E-state index in [1.54, 1.807) is 0 Å². The molecule has 2 aliphatic heterocycles. The zero-order valence-electron chi connectivity index (χ0n) is 10.4. The normalized spacial score (nSPS) is 34.2. The van der Waals surface area contributed by atoms with Crippen LogP contribution in [0.2, 0.25) is 0 Å². The summed E-state index contributed by atoms with van der Waals surface area (Å²) in [5, 5.41) is 4.64. The maximum atomic E-state index is 4.73. The smallest absolute Gasteiger partial charge is 0.156 e. The van der Waals surface area contributed by atoms with E-state index in [0.29, 0.717) is 6.04 Å². The predicted octanol–water partition coefficient (Wildman–Crippen LogP) is 1.80. The van der Waals surface area contributed by atoms with Gasteiger partial charge in [0.2, 0.25) is 0 Å². The van der Waals surface area contributed by atoms with Crippen molar-refractivity contribution in [3.8, 4) is 0 Å². The Morgan fingerprint density at radius 2 is 2.38 bits per heavy atom. The van der Waals surface area contributed by atoms with E-state index in [0.717, 1.165) is 12.5 Å². The molecule has 0 saturated carbocycles. The van der Waals surface area contributed by atoms with E-state index in [1.807, 2.05) is 11.8 Å². The van der Waals surface area contributed by atoms with Crippen molar-refractivity contribution in [2.75, 3.05) is 31.9 Å². The summed E-state index contributed by atoms with van der Waals surface area (Å²) >= 11 is 1.88. The van der Waals surface area contributed by atoms with Crippen LogP contribution in [0.3, 0.4) is 0 Å². The lowest BCUT2D eigenvalue weighted by atomic mass is 10.1. The molecule has 2 heterocycles. The molecule has 0 radical (unpaired) electrons. The molecule has 2 aliphatic rings. The second kappa shape index (κ2) is 5.92. The summed E-state index contributed by atoms with van der Waals surface area (Å²) in [6, 6.07) is 0.607. The second-order valence-electron chi connectivity index (χ2n) is 4.88. The summed E-state index contributed by atoms with van der Waals surface area (Å²) in [5.41, 5.74) is 0. The van der Waals surface area contributed by atoms with Crippen LogP contribution in [0.15, 0.2) is 4.99 Å². The second-order valence-corrected chi connectivity index (χ2v) is 5.96. The zero-order chi connectivity index (χ0) is 11.4. The van der Waals surface area contributed by atoms with Crippen molar-refractivity contribution in [2.24, 2.45) is 10.9 Å². The van der Waals surface area contributed by atoms with Gasteiger partial charge in [0.05, 0.1) is 0 Å². The van der Waals surface area contributed by atoms with E-state index in [1.165, 1.54) is 43.4 Å². The number of nitrogens with zero attached hydrogens (tertiary/aromatic N) is 2. The van der Waals surface area contributed by atoms with Gasteiger partial charge in [-0.3, -0.25) is 4.99 Å². The molecule has 0 aliphatic carbocycles. The van der Waals surface area contributed by atoms with Gasteiger partial charge in [-0.15, -0.1) is 0 Å². The molecule has 0 amide bonds. The largest absolute Gasteiger partial charge is 0.362 e. The molecule has 4 heteroatoms. The number of hydrogen-bond acceptors (Lipinski definition) is 3. The van der Waals surface area contributed by atoms with Gasteiger partial charge in [0, 0.05) is 24.9 Å². The van der Waals surface area contributed by atoms with Crippen LogP contribution in [0.4, 0.5) is 0 Å². The van der Waals surface area contributed by atoms with Gasteiger partial charge in [0.1, 0.15) is 0 Å². The lowest BCUT2D eigenvalue weighted by molar-refractivity contribution is 0.344. The minimum absolute atomic E-state index is 0.607. The summed E-state index contributed by atoms with van der Waals surface area (Å²) in [7, 11) is 0. The summed E-state index contributed by atoms with van der Waals surface area (Å²) < 4.78 is 0. The molecule has 2 fully saturated rings. The average Bonchev–Trinajstić information content (AvgIpc) is 2.74. The van der Waals surface area contributed by atoms with Gasteiger partial charge < -0.3 is 10.2 Å². The average molecular weight is 241 g/mol. The van der Waals surface area contributed by atoms with Crippen molar-refractivity contribution in [1.82, 2.24) is 10.2 Å². The lowest BCUT2D eigenvalue weighted by Crippen LogP contribution is -2.35. The quantitative estimate of drug-likeness (QED) is 0.816. The molecule has 2 atom stereocenters. The number of amidine groups is 1. The number of likely N-dealkylation sites (tertiary alicyclic amines) is 1. The number of aliphatic imine (C=N–C) groups is 1. The van der Waals surface area contributed by atoms with Crippen LogP contribution in [-0.2, 0) is 0 Å². The maximum absolute atomic E-state index is 4.73. The van der Waals surface area contributed by atoms with Crippen LogP contribution in [0, 0.1) is 5.92 Å². The lowest BCUT2D eigenvalue weighted by Gasteiger charge is -2.22.